The maximum absolute atomic E-state index is 12.9. The average Bonchev–Trinajstić information content (AvgIpc) is 3.56. The summed E-state index contributed by atoms with van der Waals surface area (Å²) in [6.45, 7) is 5.70. The fourth-order valence-corrected chi connectivity index (χ4v) is 5.02. The molecule has 1 unspecified atom stereocenters. The van der Waals surface area contributed by atoms with Gasteiger partial charge in [0.1, 0.15) is 5.76 Å². The van der Waals surface area contributed by atoms with Crippen LogP contribution in [0.4, 0.5) is 0 Å². The van der Waals surface area contributed by atoms with E-state index in [0.29, 0.717) is 5.91 Å². The number of hydrogen-bond acceptors (Lipinski definition) is 5. The maximum Gasteiger partial charge on any atom is 0.240 e. The quantitative estimate of drug-likeness (QED) is 0.315. The highest BCUT2D eigenvalue weighted by atomic mass is 127. The van der Waals surface area contributed by atoms with Gasteiger partial charge in [-0.15, -0.1) is 35.3 Å². The van der Waals surface area contributed by atoms with Crippen molar-refractivity contribution >= 4 is 47.2 Å². The summed E-state index contributed by atoms with van der Waals surface area (Å²) in [5.74, 6) is 2.20. The van der Waals surface area contributed by atoms with E-state index in [4.69, 9.17) is 9.41 Å². The van der Waals surface area contributed by atoms with Gasteiger partial charge in [0.15, 0.2) is 5.96 Å². The number of furan rings is 1. The molecule has 4 heterocycles. The number of carbonyl (C=O) groups is 1. The van der Waals surface area contributed by atoms with Crippen molar-refractivity contribution < 1.29 is 9.21 Å². The molecule has 176 valence electrons. The molecule has 2 aromatic rings. The minimum absolute atomic E-state index is 0. The molecule has 2 aliphatic rings. The van der Waals surface area contributed by atoms with E-state index in [2.05, 4.69) is 39.7 Å². The summed E-state index contributed by atoms with van der Waals surface area (Å²) >= 11 is 1.78. The lowest BCUT2D eigenvalue weighted by molar-refractivity contribution is -0.136. The third kappa shape index (κ3) is 6.71. The first-order valence-electron chi connectivity index (χ1n) is 11.3. The van der Waals surface area contributed by atoms with E-state index < -0.39 is 0 Å². The van der Waals surface area contributed by atoms with E-state index in [0.717, 1.165) is 83.2 Å². The highest BCUT2D eigenvalue weighted by molar-refractivity contribution is 14.0. The zero-order valence-corrected chi connectivity index (χ0v) is 21.9. The number of nitrogens with one attached hydrogen (secondary N) is 1. The first-order chi connectivity index (χ1) is 15.2. The van der Waals surface area contributed by atoms with Gasteiger partial charge in [0, 0.05) is 57.0 Å². The van der Waals surface area contributed by atoms with Crippen LogP contribution in [0, 0.1) is 0 Å². The summed E-state index contributed by atoms with van der Waals surface area (Å²) in [6.07, 6.45) is 5.59. The van der Waals surface area contributed by atoms with Crippen molar-refractivity contribution in [2.45, 2.75) is 31.7 Å². The van der Waals surface area contributed by atoms with Gasteiger partial charge in [-0.2, -0.15) is 0 Å². The Morgan fingerprint density at radius 1 is 1.16 bits per heavy atom. The van der Waals surface area contributed by atoms with Crippen LogP contribution in [0.15, 0.2) is 45.3 Å². The Kier molecular flexibility index (Phi) is 9.86. The zero-order valence-electron chi connectivity index (χ0n) is 18.7. The summed E-state index contributed by atoms with van der Waals surface area (Å²) < 4.78 is 5.45. The summed E-state index contributed by atoms with van der Waals surface area (Å²) in [5.41, 5.74) is 0. The Labute approximate surface area is 211 Å². The lowest BCUT2D eigenvalue weighted by Crippen LogP contribution is -2.56. The molecule has 2 fully saturated rings. The number of carbonyl (C=O) groups excluding carboxylic acids is 1. The van der Waals surface area contributed by atoms with Gasteiger partial charge in [0.25, 0.3) is 0 Å². The average molecular weight is 572 g/mol. The summed E-state index contributed by atoms with van der Waals surface area (Å²) in [4.78, 5) is 25.7. The van der Waals surface area contributed by atoms with Crippen molar-refractivity contribution in [2.75, 3.05) is 52.9 Å². The first kappa shape index (κ1) is 25.0. The predicted octanol–water partition coefficient (Wildman–Crippen LogP) is 2.93. The SMILES string of the molecule is CN1CCCC1C(=O)N1CCN(C(=NCCc2cccs2)NCCc2ccco2)CC1.I. The van der Waals surface area contributed by atoms with Gasteiger partial charge >= 0.3 is 0 Å². The molecule has 2 aliphatic heterocycles. The van der Waals surface area contributed by atoms with E-state index in [1.54, 1.807) is 17.6 Å². The molecule has 1 N–H and O–H groups in total. The van der Waals surface area contributed by atoms with Crippen LogP contribution in [0.1, 0.15) is 23.5 Å². The molecule has 7 nitrogen and oxygen atoms in total. The van der Waals surface area contributed by atoms with Crippen LogP contribution in [0.3, 0.4) is 0 Å². The molecule has 1 amide bonds. The molecule has 2 aromatic heterocycles. The molecular formula is C23H34IN5O2S. The molecule has 9 heteroatoms. The number of halogens is 1. The van der Waals surface area contributed by atoms with Crippen LogP contribution >= 0.6 is 35.3 Å². The highest BCUT2D eigenvalue weighted by Crippen LogP contribution is 2.18. The topological polar surface area (TPSA) is 64.3 Å². The molecule has 0 radical (unpaired) electrons. The van der Waals surface area contributed by atoms with Gasteiger partial charge in [-0.25, -0.2) is 0 Å². The number of guanidine groups is 1. The number of hydrogen-bond donors (Lipinski definition) is 1. The van der Waals surface area contributed by atoms with Gasteiger partial charge in [-0.05, 0) is 50.0 Å². The van der Waals surface area contributed by atoms with Gasteiger partial charge in [0.05, 0.1) is 12.3 Å². The number of piperazine rings is 1. The van der Waals surface area contributed by atoms with E-state index in [-0.39, 0.29) is 30.0 Å². The fourth-order valence-electron chi connectivity index (χ4n) is 4.32. The number of rotatable bonds is 7. The third-order valence-electron chi connectivity index (χ3n) is 6.13. The Bertz CT molecular complexity index is 835. The van der Waals surface area contributed by atoms with E-state index >= 15 is 0 Å². The molecule has 1 atom stereocenters. The standard InChI is InChI=1S/C23H33N5O2S.HI/c1-26-12-2-7-21(26)22(29)27-13-15-28(16-14-27)23(24-10-8-19-5-3-17-30-19)25-11-9-20-6-4-18-31-20;/h3-6,17-18,21H,2,7-16H2,1H3,(H,24,25);1H. The van der Waals surface area contributed by atoms with Crippen LogP contribution in [-0.2, 0) is 17.6 Å². The van der Waals surface area contributed by atoms with Crippen molar-refractivity contribution in [1.29, 1.82) is 0 Å². The van der Waals surface area contributed by atoms with Crippen molar-refractivity contribution in [2.24, 2.45) is 4.99 Å². The van der Waals surface area contributed by atoms with Crippen molar-refractivity contribution in [3.05, 3.63) is 46.5 Å². The van der Waals surface area contributed by atoms with Gasteiger partial charge in [-0.3, -0.25) is 14.7 Å². The largest absolute Gasteiger partial charge is 0.469 e. The second-order valence-electron chi connectivity index (χ2n) is 8.24. The van der Waals surface area contributed by atoms with Crippen LogP contribution in [0.25, 0.3) is 0 Å². The normalized spacial score (nSPS) is 19.8. The molecule has 0 bridgehead atoms. The number of likely N-dealkylation sites (N-methyl/N-ethyl adjacent to an activating group) is 1. The van der Waals surface area contributed by atoms with Crippen LogP contribution in [0.5, 0.6) is 0 Å². The lowest BCUT2D eigenvalue weighted by atomic mass is 10.1. The molecular weight excluding hydrogens is 537 g/mol. The number of thiophene rings is 1. The first-order valence-corrected chi connectivity index (χ1v) is 12.2. The Hall–Kier alpha value is -1.59. The van der Waals surface area contributed by atoms with Crippen molar-refractivity contribution in [3.63, 3.8) is 0 Å². The summed E-state index contributed by atoms with van der Waals surface area (Å²) in [7, 11) is 2.06. The Morgan fingerprint density at radius 2 is 1.97 bits per heavy atom. The number of aliphatic imine (C=N–C) groups is 1. The predicted molar refractivity (Wildman–Crippen MR) is 140 cm³/mol. The number of nitrogens with zero attached hydrogens (tertiary/aromatic N) is 4. The van der Waals surface area contributed by atoms with Gasteiger partial charge in [-0.1, -0.05) is 6.07 Å². The Morgan fingerprint density at radius 3 is 2.62 bits per heavy atom. The molecule has 0 aromatic carbocycles. The van der Waals surface area contributed by atoms with Gasteiger partial charge in [0.2, 0.25) is 5.91 Å². The molecule has 0 aliphatic carbocycles. The lowest BCUT2D eigenvalue weighted by Gasteiger charge is -2.38. The van der Waals surface area contributed by atoms with Crippen LogP contribution < -0.4 is 5.32 Å². The third-order valence-corrected chi connectivity index (χ3v) is 7.07. The zero-order chi connectivity index (χ0) is 21.5. The molecule has 4 rings (SSSR count). The molecule has 0 saturated carbocycles. The van der Waals surface area contributed by atoms with Crippen LogP contribution in [-0.4, -0.2) is 85.5 Å². The monoisotopic (exact) mass is 571 g/mol. The van der Waals surface area contributed by atoms with Crippen molar-refractivity contribution in [3.8, 4) is 0 Å². The van der Waals surface area contributed by atoms with E-state index in [9.17, 15) is 4.79 Å². The minimum atomic E-state index is 0. The molecule has 32 heavy (non-hydrogen) atoms. The second-order valence-corrected chi connectivity index (χ2v) is 9.27. The fraction of sp³-hybridized carbons (Fsp3) is 0.565. The van der Waals surface area contributed by atoms with E-state index in [1.807, 2.05) is 17.0 Å². The summed E-state index contributed by atoms with van der Waals surface area (Å²) in [5, 5.41) is 5.63. The maximum atomic E-state index is 12.9. The summed E-state index contributed by atoms with van der Waals surface area (Å²) in [6, 6.07) is 8.24. The number of likely N-dealkylation sites (tertiary alicyclic amines) is 1. The minimum Gasteiger partial charge on any atom is -0.469 e. The van der Waals surface area contributed by atoms with Crippen LogP contribution in [0.2, 0.25) is 0 Å². The Balaban J connectivity index is 0.00000289. The smallest absolute Gasteiger partial charge is 0.240 e. The molecule has 2 saturated heterocycles. The van der Waals surface area contributed by atoms with Gasteiger partial charge < -0.3 is 19.5 Å². The molecule has 0 spiro atoms. The van der Waals surface area contributed by atoms with E-state index in [1.165, 1.54) is 4.88 Å². The van der Waals surface area contributed by atoms with Crippen molar-refractivity contribution in [1.82, 2.24) is 20.0 Å². The second kappa shape index (κ2) is 12.6. The highest BCUT2D eigenvalue weighted by Gasteiger charge is 2.33. The number of amides is 1.